The van der Waals surface area contributed by atoms with Crippen molar-refractivity contribution >= 4 is 68.0 Å². The van der Waals surface area contributed by atoms with E-state index in [0.29, 0.717) is 72.2 Å². The molecule has 3 fully saturated rings. The average molecular weight is 703 g/mol. The highest BCUT2D eigenvalue weighted by Gasteiger charge is 2.56. The molecule has 2 aromatic carbocycles. The summed E-state index contributed by atoms with van der Waals surface area (Å²) in [6.45, 7) is 4.77. The number of Topliss-reactive ketones (excluding diaryl/α,β-unsaturated/α-hetero) is 1. The molecule has 6 rings (SSSR count). The topological polar surface area (TPSA) is 97.4 Å². The Morgan fingerprint density at radius 2 is 1.70 bits per heavy atom. The van der Waals surface area contributed by atoms with E-state index >= 15 is 0 Å². The van der Waals surface area contributed by atoms with Crippen LogP contribution < -0.4 is 5.32 Å². The highest BCUT2D eigenvalue weighted by atomic mass is 35.5. The number of thiophene rings is 1. The number of nitrogens with zero attached hydrogens (tertiary/aromatic N) is 2. The van der Waals surface area contributed by atoms with Crippen molar-refractivity contribution < 1.29 is 28.6 Å². The number of hydrogen-bond acceptors (Lipinski definition) is 9. The number of fused-ring (bicyclic) bond motifs is 1. The molecule has 2 aliphatic heterocycles. The largest absolute Gasteiger partial charge is 0.466 e. The van der Waals surface area contributed by atoms with Gasteiger partial charge in [-0.3, -0.25) is 24.2 Å². The fourth-order valence-electron chi connectivity index (χ4n) is 6.98. The molecule has 1 aliphatic carbocycles. The lowest BCUT2D eigenvalue weighted by molar-refractivity contribution is -0.282. The van der Waals surface area contributed by atoms with Gasteiger partial charge in [-0.25, -0.2) is 0 Å². The van der Waals surface area contributed by atoms with Gasteiger partial charge in [0.15, 0.2) is 5.78 Å². The van der Waals surface area contributed by atoms with Crippen molar-refractivity contribution in [1.82, 2.24) is 9.80 Å². The van der Waals surface area contributed by atoms with Gasteiger partial charge < -0.3 is 19.5 Å². The number of anilines is 1. The molecule has 2 saturated heterocycles. The second kappa shape index (κ2) is 14.9. The van der Waals surface area contributed by atoms with Gasteiger partial charge in [0.1, 0.15) is 0 Å². The summed E-state index contributed by atoms with van der Waals surface area (Å²) in [6.07, 6.45) is 4.37. The first-order valence-electron chi connectivity index (χ1n) is 16.4. The van der Waals surface area contributed by atoms with E-state index in [1.54, 1.807) is 19.2 Å². The lowest BCUT2D eigenvalue weighted by Crippen LogP contribution is -2.74. The van der Waals surface area contributed by atoms with Crippen molar-refractivity contribution in [1.29, 1.82) is 0 Å². The predicted molar refractivity (Wildman–Crippen MR) is 184 cm³/mol. The van der Waals surface area contributed by atoms with Gasteiger partial charge in [0.05, 0.1) is 41.0 Å². The third kappa shape index (κ3) is 7.11. The van der Waals surface area contributed by atoms with Crippen molar-refractivity contribution in [2.75, 3.05) is 45.2 Å². The van der Waals surface area contributed by atoms with E-state index in [1.165, 1.54) is 11.3 Å². The van der Waals surface area contributed by atoms with Gasteiger partial charge in [-0.15, -0.1) is 11.3 Å². The van der Waals surface area contributed by atoms with Gasteiger partial charge in [0.2, 0.25) is 5.85 Å². The minimum absolute atomic E-state index is 0.00852. The summed E-state index contributed by atoms with van der Waals surface area (Å²) < 4.78 is 18.9. The van der Waals surface area contributed by atoms with E-state index in [1.807, 2.05) is 36.6 Å². The van der Waals surface area contributed by atoms with Crippen LogP contribution in [0.1, 0.15) is 61.4 Å². The van der Waals surface area contributed by atoms with E-state index in [9.17, 15) is 14.4 Å². The number of benzene rings is 2. The maximum atomic E-state index is 14.7. The van der Waals surface area contributed by atoms with E-state index in [4.69, 9.17) is 37.4 Å². The van der Waals surface area contributed by atoms with Gasteiger partial charge in [0, 0.05) is 60.2 Å². The number of ketones is 1. The molecule has 0 spiro atoms. The van der Waals surface area contributed by atoms with Gasteiger partial charge in [-0.05, 0) is 69.2 Å². The molecule has 1 unspecified atom stereocenters. The van der Waals surface area contributed by atoms with Crippen molar-refractivity contribution in [3.63, 3.8) is 0 Å². The molecule has 1 atom stereocenters. The Bertz CT molecular complexity index is 1610. The molecule has 12 heteroatoms. The van der Waals surface area contributed by atoms with Crippen LogP contribution in [0.2, 0.25) is 10.0 Å². The number of carbonyl (C=O) groups excluding carboxylic acids is 3. The Balaban J connectivity index is 1.23. The summed E-state index contributed by atoms with van der Waals surface area (Å²) in [5, 5.41) is 6.22. The number of likely N-dealkylation sites (tertiary alicyclic amines) is 2. The smallest absolute Gasteiger partial charge is 0.308 e. The van der Waals surface area contributed by atoms with Crippen LogP contribution >= 0.6 is 34.5 Å². The van der Waals surface area contributed by atoms with Crippen LogP contribution in [-0.2, 0) is 30.2 Å². The maximum absolute atomic E-state index is 14.7. The van der Waals surface area contributed by atoms with Crippen LogP contribution in [-0.4, -0.2) is 85.4 Å². The third-order valence-electron chi connectivity index (χ3n) is 9.59. The minimum Gasteiger partial charge on any atom is -0.466 e. The molecule has 3 aromatic rings. The number of halogens is 2. The fraction of sp³-hybridized carbons (Fsp3) is 0.514. The number of methoxy groups -OCH3 is 1. The molecule has 3 aliphatic rings. The second-order valence-corrected chi connectivity index (χ2v) is 14.3. The zero-order valence-electron chi connectivity index (χ0n) is 26.8. The summed E-state index contributed by atoms with van der Waals surface area (Å²) in [7, 11) is 1.68. The van der Waals surface area contributed by atoms with E-state index in [0.717, 1.165) is 36.0 Å². The van der Waals surface area contributed by atoms with Crippen LogP contribution in [0.25, 0.3) is 10.1 Å². The van der Waals surface area contributed by atoms with Crippen LogP contribution in [0.5, 0.6) is 0 Å². The quantitative estimate of drug-likeness (QED) is 0.206. The number of carbonyl (C=O) groups is 3. The Morgan fingerprint density at radius 1 is 0.979 bits per heavy atom. The first-order chi connectivity index (χ1) is 22.7. The lowest BCUT2D eigenvalue weighted by Gasteiger charge is -2.55. The van der Waals surface area contributed by atoms with Crippen molar-refractivity contribution in [3.05, 3.63) is 63.0 Å². The molecule has 1 saturated carbocycles. The van der Waals surface area contributed by atoms with Crippen molar-refractivity contribution in [2.24, 2.45) is 5.92 Å². The molecule has 0 bridgehead atoms. The minimum atomic E-state index is -1.30. The number of nitrogens with one attached hydrogen (secondary N) is 1. The molecule has 0 radical (unpaired) electrons. The normalized spacial score (nSPS) is 22.1. The van der Waals surface area contributed by atoms with E-state index in [-0.39, 0.29) is 42.2 Å². The Hall–Kier alpha value is -2.57. The summed E-state index contributed by atoms with van der Waals surface area (Å²) in [5.41, 5.74) is 1.49. The standard InChI is InChI=1S/C35H41Cl2N3O6S/c1-3-45-34(43)22-10-12-24(13-11-22)46-35(39-14-6-7-15-39,40-19-25(20-40)44-2)32(41)17-23-16-29(37)30(18-28(23)36)38-33(42)27-21-47-31-9-5-4-8-26(27)31/h4-5,8-9,16,18,21-22,24-25H,3,6-7,10-15,17,19-20H2,1-2H3,(H,38,42). The Labute approximate surface area is 289 Å². The monoisotopic (exact) mass is 701 g/mol. The summed E-state index contributed by atoms with van der Waals surface area (Å²) in [6, 6.07) is 11.0. The van der Waals surface area contributed by atoms with Crippen LogP contribution in [0, 0.1) is 5.92 Å². The number of rotatable bonds is 12. The fourth-order valence-corrected chi connectivity index (χ4v) is 8.39. The first kappa shape index (κ1) is 34.3. The summed E-state index contributed by atoms with van der Waals surface area (Å²) in [4.78, 5) is 44.6. The van der Waals surface area contributed by atoms with Gasteiger partial charge in [-0.1, -0.05) is 41.4 Å². The zero-order valence-corrected chi connectivity index (χ0v) is 29.1. The summed E-state index contributed by atoms with van der Waals surface area (Å²) in [5.74, 6) is -2.01. The molecule has 1 N–H and O–H groups in total. The third-order valence-corrected chi connectivity index (χ3v) is 11.2. The first-order valence-corrected chi connectivity index (χ1v) is 18.0. The molecular formula is C35H41Cl2N3O6S. The van der Waals surface area contributed by atoms with Gasteiger partial charge >= 0.3 is 5.97 Å². The van der Waals surface area contributed by atoms with Crippen LogP contribution in [0.3, 0.4) is 0 Å². The van der Waals surface area contributed by atoms with Gasteiger partial charge in [-0.2, -0.15) is 0 Å². The van der Waals surface area contributed by atoms with Crippen molar-refractivity contribution in [2.45, 2.75) is 69.9 Å². The average Bonchev–Trinajstić information content (AvgIpc) is 3.74. The SMILES string of the molecule is CCOC(=O)C1CCC(OC(C(=O)Cc2cc(Cl)c(NC(=O)c3csc4ccccc34)cc2Cl)(N2CCCC2)N2CC(OC)C2)CC1. The molecule has 9 nitrogen and oxygen atoms in total. The molecule has 3 heterocycles. The number of esters is 1. The molecule has 252 valence electrons. The highest BCUT2D eigenvalue weighted by molar-refractivity contribution is 7.17. The lowest BCUT2D eigenvalue weighted by atomic mass is 9.87. The van der Waals surface area contributed by atoms with Crippen molar-refractivity contribution in [3.8, 4) is 0 Å². The van der Waals surface area contributed by atoms with E-state index < -0.39 is 5.85 Å². The molecular weight excluding hydrogens is 661 g/mol. The number of amides is 1. The molecule has 1 amide bonds. The van der Waals surface area contributed by atoms with Gasteiger partial charge in [0.25, 0.3) is 5.91 Å². The Morgan fingerprint density at radius 3 is 2.40 bits per heavy atom. The number of ether oxygens (including phenoxy) is 3. The Kier molecular flexibility index (Phi) is 10.9. The van der Waals surface area contributed by atoms with E-state index in [2.05, 4.69) is 15.1 Å². The summed E-state index contributed by atoms with van der Waals surface area (Å²) >= 11 is 15.0. The second-order valence-electron chi connectivity index (χ2n) is 12.5. The molecule has 47 heavy (non-hydrogen) atoms. The maximum Gasteiger partial charge on any atom is 0.308 e. The molecule has 1 aromatic heterocycles. The van der Waals surface area contributed by atoms with Crippen LogP contribution in [0.15, 0.2) is 41.8 Å². The zero-order chi connectivity index (χ0) is 33.1. The number of hydrogen-bond donors (Lipinski definition) is 1. The van der Waals surface area contributed by atoms with Crippen LogP contribution in [0.4, 0.5) is 5.69 Å². The highest BCUT2D eigenvalue weighted by Crippen LogP contribution is 2.40. The predicted octanol–water partition coefficient (Wildman–Crippen LogP) is 6.79.